The Kier molecular flexibility index (Phi) is 7.52. The summed E-state index contributed by atoms with van der Waals surface area (Å²) in [5.41, 5.74) is 3.46. The Morgan fingerprint density at radius 1 is 1.28 bits per heavy atom. The average molecular weight is 415 g/mol. The molecular weight excluding hydrogens is 384 g/mol. The highest BCUT2D eigenvalue weighted by Gasteiger charge is 2.21. The fourth-order valence-electron chi connectivity index (χ4n) is 3.32. The van der Waals surface area contributed by atoms with Crippen LogP contribution < -0.4 is 15.4 Å². The van der Waals surface area contributed by atoms with Crippen LogP contribution in [-0.4, -0.2) is 43.0 Å². The van der Waals surface area contributed by atoms with Crippen molar-refractivity contribution in [2.24, 2.45) is 4.99 Å². The van der Waals surface area contributed by atoms with Crippen molar-refractivity contribution in [1.82, 2.24) is 15.5 Å². The van der Waals surface area contributed by atoms with Gasteiger partial charge in [-0.3, -0.25) is 4.79 Å². The molecule has 1 aromatic heterocycles. The molecule has 3 rings (SSSR count). The number of fused-ring (bicyclic) bond motifs is 1. The molecule has 0 saturated carbocycles. The highest BCUT2D eigenvalue weighted by molar-refractivity contribution is 7.10. The second-order valence-corrected chi connectivity index (χ2v) is 8.03. The van der Waals surface area contributed by atoms with Crippen LogP contribution in [0.4, 0.5) is 0 Å². The van der Waals surface area contributed by atoms with Crippen molar-refractivity contribution in [3.8, 4) is 5.75 Å². The summed E-state index contributed by atoms with van der Waals surface area (Å²) in [6, 6.07) is 8.26. The van der Waals surface area contributed by atoms with E-state index in [1.54, 1.807) is 11.3 Å². The van der Waals surface area contributed by atoms with E-state index < -0.39 is 0 Å². The number of benzene rings is 1. The smallest absolute Gasteiger partial charge is 0.242 e. The van der Waals surface area contributed by atoms with Crippen LogP contribution in [0.3, 0.4) is 0 Å². The van der Waals surface area contributed by atoms with Gasteiger partial charge in [0.1, 0.15) is 5.75 Å². The SMILES string of the molecule is CCNC(=NCc1ccc(C)cc1OCC)NCC(=O)N1CCc2sccc2C1. The van der Waals surface area contributed by atoms with E-state index in [2.05, 4.69) is 33.1 Å². The van der Waals surface area contributed by atoms with Crippen molar-refractivity contribution in [2.45, 2.75) is 40.3 Å². The number of rotatable bonds is 7. The van der Waals surface area contributed by atoms with Gasteiger partial charge in [-0.15, -0.1) is 11.3 Å². The molecule has 29 heavy (non-hydrogen) atoms. The molecular formula is C22H30N4O2S. The topological polar surface area (TPSA) is 66.0 Å². The van der Waals surface area contributed by atoms with E-state index >= 15 is 0 Å². The standard InChI is InChI=1S/C22H30N4O2S/c1-4-23-22(24-13-17-7-6-16(3)12-19(17)28-5-2)25-14-21(27)26-10-8-20-18(15-26)9-11-29-20/h6-7,9,11-12H,4-5,8,10,13-15H2,1-3H3,(H2,23,24,25). The van der Waals surface area contributed by atoms with Gasteiger partial charge in [0.2, 0.25) is 5.91 Å². The van der Waals surface area contributed by atoms with Gasteiger partial charge in [0.15, 0.2) is 5.96 Å². The summed E-state index contributed by atoms with van der Waals surface area (Å²) in [6.45, 7) is 9.59. The minimum absolute atomic E-state index is 0.0952. The number of carbonyl (C=O) groups is 1. The Morgan fingerprint density at radius 2 is 2.14 bits per heavy atom. The second-order valence-electron chi connectivity index (χ2n) is 7.03. The third-order valence-corrected chi connectivity index (χ3v) is 5.86. The molecule has 1 amide bonds. The molecule has 2 aromatic rings. The average Bonchev–Trinajstić information content (AvgIpc) is 3.19. The van der Waals surface area contributed by atoms with Crippen molar-refractivity contribution >= 4 is 23.2 Å². The van der Waals surface area contributed by atoms with Crippen LogP contribution in [-0.2, 0) is 24.3 Å². The first kappa shape index (κ1) is 21.2. The van der Waals surface area contributed by atoms with E-state index in [1.165, 1.54) is 10.4 Å². The summed E-state index contributed by atoms with van der Waals surface area (Å²) in [5.74, 6) is 1.60. The summed E-state index contributed by atoms with van der Waals surface area (Å²) in [4.78, 5) is 20.6. The number of hydrogen-bond acceptors (Lipinski definition) is 4. The van der Waals surface area contributed by atoms with Crippen molar-refractivity contribution in [1.29, 1.82) is 0 Å². The van der Waals surface area contributed by atoms with Crippen LogP contribution in [0.25, 0.3) is 0 Å². The molecule has 1 aliphatic heterocycles. The quantitative estimate of drug-likeness (QED) is 0.540. The Hall–Kier alpha value is -2.54. The van der Waals surface area contributed by atoms with Crippen LogP contribution in [0, 0.1) is 6.92 Å². The van der Waals surface area contributed by atoms with Crippen LogP contribution in [0.5, 0.6) is 5.75 Å². The number of amides is 1. The highest BCUT2D eigenvalue weighted by atomic mass is 32.1. The lowest BCUT2D eigenvalue weighted by Crippen LogP contribution is -2.45. The summed E-state index contributed by atoms with van der Waals surface area (Å²) in [6.07, 6.45) is 0.945. The predicted octanol–water partition coefficient (Wildman–Crippen LogP) is 3.10. The van der Waals surface area contributed by atoms with E-state index in [0.717, 1.165) is 36.4 Å². The van der Waals surface area contributed by atoms with Gasteiger partial charge in [-0.1, -0.05) is 12.1 Å². The fourth-order valence-corrected chi connectivity index (χ4v) is 4.21. The number of nitrogens with one attached hydrogen (secondary N) is 2. The molecule has 0 spiro atoms. The number of nitrogens with zero attached hydrogens (tertiary/aromatic N) is 2. The Morgan fingerprint density at radius 3 is 2.93 bits per heavy atom. The molecule has 6 nitrogen and oxygen atoms in total. The molecule has 0 aliphatic carbocycles. The number of guanidine groups is 1. The number of ether oxygens (including phenoxy) is 1. The number of hydrogen-bond donors (Lipinski definition) is 2. The molecule has 2 heterocycles. The highest BCUT2D eigenvalue weighted by Crippen LogP contribution is 2.24. The molecule has 0 unspecified atom stereocenters. The maximum Gasteiger partial charge on any atom is 0.242 e. The molecule has 0 saturated heterocycles. The Labute approximate surface area is 177 Å². The summed E-state index contributed by atoms with van der Waals surface area (Å²) in [7, 11) is 0. The largest absolute Gasteiger partial charge is 0.494 e. The van der Waals surface area contributed by atoms with Crippen LogP contribution in [0.1, 0.15) is 35.4 Å². The zero-order valence-electron chi connectivity index (χ0n) is 17.5. The van der Waals surface area contributed by atoms with E-state index in [9.17, 15) is 4.79 Å². The lowest BCUT2D eigenvalue weighted by Gasteiger charge is -2.27. The number of thiophene rings is 1. The maximum absolute atomic E-state index is 12.7. The molecule has 1 aliphatic rings. The van der Waals surface area contributed by atoms with Gasteiger partial charge in [-0.05, 0) is 55.8 Å². The summed E-state index contributed by atoms with van der Waals surface area (Å²) < 4.78 is 5.74. The first-order chi connectivity index (χ1) is 14.1. The van der Waals surface area contributed by atoms with E-state index in [1.807, 2.05) is 37.8 Å². The van der Waals surface area contributed by atoms with Gasteiger partial charge in [0, 0.05) is 30.1 Å². The maximum atomic E-state index is 12.7. The minimum atomic E-state index is 0.0952. The normalized spacial score (nSPS) is 13.8. The van der Waals surface area contributed by atoms with Crippen molar-refractivity contribution in [2.75, 3.05) is 26.2 Å². The van der Waals surface area contributed by atoms with Gasteiger partial charge >= 0.3 is 0 Å². The van der Waals surface area contributed by atoms with E-state index in [4.69, 9.17) is 4.74 Å². The monoisotopic (exact) mass is 414 g/mol. The van der Waals surface area contributed by atoms with Gasteiger partial charge in [0.25, 0.3) is 0 Å². The number of carbonyl (C=O) groups excluding carboxylic acids is 1. The third kappa shape index (κ3) is 5.73. The fraction of sp³-hybridized carbons (Fsp3) is 0.455. The summed E-state index contributed by atoms with van der Waals surface area (Å²) in [5, 5.41) is 8.50. The van der Waals surface area contributed by atoms with Crippen LogP contribution in [0.15, 0.2) is 34.6 Å². The lowest BCUT2D eigenvalue weighted by atomic mass is 10.1. The van der Waals surface area contributed by atoms with Crippen molar-refractivity contribution in [3.63, 3.8) is 0 Å². The third-order valence-electron chi connectivity index (χ3n) is 4.84. The molecule has 0 fully saturated rings. The van der Waals surface area contributed by atoms with Gasteiger partial charge in [-0.2, -0.15) is 0 Å². The van der Waals surface area contributed by atoms with Crippen molar-refractivity contribution in [3.05, 3.63) is 51.2 Å². The molecule has 7 heteroatoms. The minimum Gasteiger partial charge on any atom is -0.494 e. The molecule has 0 radical (unpaired) electrons. The zero-order valence-corrected chi connectivity index (χ0v) is 18.3. The lowest BCUT2D eigenvalue weighted by molar-refractivity contribution is -0.130. The first-order valence-corrected chi connectivity index (χ1v) is 11.1. The second kappa shape index (κ2) is 10.3. The predicted molar refractivity (Wildman–Crippen MR) is 119 cm³/mol. The Bertz CT molecular complexity index is 862. The molecule has 156 valence electrons. The van der Waals surface area contributed by atoms with Crippen molar-refractivity contribution < 1.29 is 9.53 Å². The molecule has 0 bridgehead atoms. The zero-order chi connectivity index (χ0) is 20.6. The molecule has 1 aromatic carbocycles. The van der Waals surface area contributed by atoms with Gasteiger partial charge in [0.05, 0.1) is 19.7 Å². The van der Waals surface area contributed by atoms with Gasteiger partial charge < -0.3 is 20.3 Å². The Balaban J connectivity index is 1.59. The van der Waals surface area contributed by atoms with Crippen LogP contribution >= 0.6 is 11.3 Å². The number of aryl methyl sites for hydroxylation is 1. The number of aliphatic imine (C=N–C) groups is 1. The first-order valence-electron chi connectivity index (χ1n) is 10.2. The van der Waals surface area contributed by atoms with E-state index in [-0.39, 0.29) is 12.5 Å². The van der Waals surface area contributed by atoms with E-state index in [0.29, 0.717) is 25.7 Å². The van der Waals surface area contributed by atoms with Gasteiger partial charge in [-0.25, -0.2) is 4.99 Å². The molecule has 0 atom stereocenters. The van der Waals surface area contributed by atoms with Crippen LogP contribution in [0.2, 0.25) is 0 Å². The summed E-state index contributed by atoms with van der Waals surface area (Å²) >= 11 is 1.78. The molecule has 2 N–H and O–H groups in total.